The standard InChI is InChI=1S/C64H70N4O/c1-60(2,3)44-32-33-65-56(36-44)68-54-29-23-22-28-50(54)51-31-30-48(40-55(51)68)69-49-35-45(61(4,5)6)34-46(37-49)66-41-67(59(64(13,14)15)58(66)63(10,11)12)47-38-52(42-24-18-16-19-25-42)57(62(7,8)9)53(39-47)43-26-20-17-21-27-43/h16-40H,1-15H3. The molecule has 0 N–H and O–H groups in total. The van der Waals surface area contributed by atoms with Crippen LogP contribution in [0.1, 0.15) is 132 Å². The van der Waals surface area contributed by atoms with Crippen LogP contribution in [0.3, 0.4) is 0 Å². The van der Waals surface area contributed by atoms with E-state index >= 15 is 0 Å². The third kappa shape index (κ3) is 9.17. The molecule has 0 aliphatic rings. The lowest BCUT2D eigenvalue weighted by Gasteiger charge is -2.31. The first-order valence-corrected chi connectivity index (χ1v) is 24.6. The molecule has 3 aromatic heterocycles. The Balaban J connectivity index is 1.26. The Bertz CT molecular complexity index is 3290. The molecule has 9 aromatic rings. The number of rotatable bonds is 7. The van der Waals surface area contributed by atoms with Gasteiger partial charge in [0, 0.05) is 23.0 Å². The molecule has 9 rings (SSSR count). The quantitative estimate of drug-likeness (QED) is 0.118. The molecular weight excluding hydrogens is 841 g/mol. The zero-order chi connectivity index (χ0) is 49.4. The molecule has 0 fully saturated rings. The maximum atomic E-state index is 7.07. The van der Waals surface area contributed by atoms with Crippen LogP contribution < -0.4 is 9.30 Å². The normalized spacial score (nSPS) is 12.9. The van der Waals surface area contributed by atoms with Crippen LogP contribution in [0.2, 0.25) is 0 Å². The fourth-order valence-electron chi connectivity index (χ4n) is 10.0. The van der Waals surface area contributed by atoms with E-state index in [0.29, 0.717) is 0 Å². The van der Waals surface area contributed by atoms with Crippen molar-refractivity contribution >= 4 is 21.8 Å². The second-order valence-electron chi connectivity index (χ2n) is 24.1. The van der Waals surface area contributed by atoms with Gasteiger partial charge in [0.05, 0.1) is 33.8 Å². The van der Waals surface area contributed by atoms with E-state index in [9.17, 15) is 0 Å². The Kier molecular flexibility index (Phi) is 11.7. The molecule has 0 amide bonds. The van der Waals surface area contributed by atoms with Crippen LogP contribution in [0.15, 0.2) is 152 Å². The topological polar surface area (TPSA) is 35.9 Å². The zero-order valence-electron chi connectivity index (χ0n) is 43.6. The van der Waals surface area contributed by atoms with Gasteiger partial charge < -0.3 is 4.74 Å². The lowest BCUT2D eigenvalue weighted by Crippen LogP contribution is -2.41. The molecule has 5 heteroatoms. The van der Waals surface area contributed by atoms with Crippen molar-refractivity contribution in [2.45, 2.75) is 131 Å². The zero-order valence-corrected chi connectivity index (χ0v) is 43.6. The van der Waals surface area contributed by atoms with Gasteiger partial charge in [0.1, 0.15) is 17.3 Å². The van der Waals surface area contributed by atoms with Crippen LogP contribution in [-0.2, 0) is 27.1 Å². The Morgan fingerprint density at radius 1 is 0.478 bits per heavy atom. The van der Waals surface area contributed by atoms with Crippen molar-refractivity contribution in [1.29, 1.82) is 0 Å². The van der Waals surface area contributed by atoms with Gasteiger partial charge in [-0.2, -0.15) is 0 Å². The molecule has 0 unspecified atom stereocenters. The maximum Gasteiger partial charge on any atom is 0.269 e. The predicted molar refractivity (Wildman–Crippen MR) is 289 cm³/mol. The average Bonchev–Trinajstić information content (AvgIpc) is 3.87. The molecular formula is C64H70N4O. The molecule has 5 nitrogen and oxygen atoms in total. The molecule has 0 saturated carbocycles. The number of fused-ring (bicyclic) bond motifs is 3. The summed E-state index contributed by atoms with van der Waals surface area (Å²) in [6, 6.07) is 52.7. The lowest BCUT2D eigenvalue weighted by molar-refractivity contribution is -0.611. The number of benzene rings is 6. The SMILES string of the molecule is CC(C)(C)c1cc(Oc2ccc3c4ccccc4n(-c4cc(C(C)(C)C)ccn4)c3c2)cc(-n2[c-][n+](-c3cc(-c4ccccc4)c(C(C)(C)C)c(-c4ccccc4)c3)c(C(C)(C)C)c2C(C)(C)C)c1. The number of aromatic nitrogens is 4. The summed E-state index contributed by atoms with van der Waals surface area (Å²) in [6.45, 7) is 34.5. The summed E-state index contributed by atoms with van der Waals surface area (Å²) < 4.78 is 14.0. The smallest absolute Gasteiger partial charge is 0.269 e. The van der Waals surface area contributed by atoms with E-state index in [0.717, 1.165) is 45.1 Å². The van der Waals surface area contributed by atoms with Gasteiger partial charge in [-0.3, -0.25) is 13.7 Å². The van der Waals surface area contributed by atoms with E-state index in [1.54, 1.807) is 0 Å². The van der Waals surface area contributed by atoms with E-state index in [1.165, 1.54) is 55.7 Å². The summed E-state index contributed by atoms with van der Waals surface area (Å²) >= 11 is 0. The average molecular weight is 911 g/mol. The molecule has 0 radical (unpaired) electrons. The highest BCUT2D eigenvalue weighted by Crippen LogP contribution is 2.44. The van der Waals surface area contributed by atoms with Crippen LogP contribution in [0.4, 0.5) is 0 Å². The minimum absolute atomic E-state index is 0.0233. The van der Waals surface area contributed by atoms with E-state index in [2.05, 4.69) is 269 Å². The highest BCUT2D eigenvalue weighted by molar-refractivity contribution is 6.09. The molecule has 69 heavy (non-hydrogen) atoms. The number of para-hydroxylation sites is 1. The van der Waals surface area contributed by atoms with E-state index < -0.39 is 0 Å². The third-order valence-electron chi connectivity index (χ3n) is 13.3. The summed E-state index contributed by atoms with van der Waals surface area (Å²) in [4.78, 5) is 4.94. The minimum atomic E-state index is -0.268. The van der Waals surface area contributed by atoms with Crippen LogP contribution in [0.5, 0.6) is 11.5 Å². The second-order valence-corrected chi connectivity index (χ2v) is 24.1. The summed E-state index contributed by atoms with van der Waals surface area (Å²) in [5.41, 5.74) is 14.4. The monoisotopic (exact) mass is 911 g/mol. The Morgan fingerprint density at radius 3 is 1.62 bits per heavy atom. The molecule has 352 valence electrons. The number of ether oxygens (including phenoxy) is 1. The molecule has 0 aliphatic carbocycles. The van der Waals surface area contributed by atoms with Gasteiger partial charge in [-0.05, 0) is 127 Å². The molecule has 0 atom stereocenters. The van der Waals surface area contributed by atoms with Gasteiger partial charge in [-0.1, -0.05) is 183 Å². The first kappa shape index (κ1) is 47.4. The fraction of sp³-hybridized carbons (Fsp3) is 0.312. The van der Waals surface area contributed by atoms with Gasteiger partial charge in [0.15, 0.2) is 0 Å². The summed E-state index contributed by atoms with van der Waals surface area (Å²) in [7, 11) is 0. The number of imidazole rings is 1. The van der Waals surface area contributed by atoms with Crippen molar-refractivity contribution in [3.8, 4) is 50.9 Å². The van der Waals surface area contributed by atoms with E-state index in [4.69, 9.17) is 9.72 Å². The van der Waals surface area contributed by atoms with Crippen molar-refractivity contribution in [2.24, 2.45) is 0 Å². The van der Waals surface area contributed by atoms with Crippen LogP contribution in [0.25, 0.3) is 61.3 Å². The summed E-state index contributed by atoms with van der Waals surface area (Å²) in [5, 5.41) is 2.34. The van der Waals surface area contributed by atoms with E-state index in [-0.39, 0.29) is 27.1 Å². The first-order valence-electron chi connectivity index (χ1n) is 24.6. The van der Waals surface area contributed by atoms with Crippen LogP contribution in [0, 0.1) is 6.33 Å². The second kappa shape index (κ2) is 17.1. The maximum absolute atomic E-state index is 7.07. The largest absolute Gasteiger partial charge is 0.458 e. The fourth-order valence-corrected chi connectivity index (χ4v) is 10.0. The molecule has 0 bridgehead atoms. The summed E-state index contributed by atoms with van der Waals surface area (Å²) in [5.74, 6) is 2.42. The highest BCUT2D eigenvalue weighted by Gasteiger charge is 2.35. The number of hydrogen-bond donors (Lipinski definition) is 0. The molecule has 6 aromatic carbocycles. The van der Waals surface area contributed by atoms with Gasteiger partial charge in [0.25, 0.3) is 6.33 Å². The molecule has 0 saturated heterocycles. The predicted octanol–water partition coefficient (Wildman–Crippen LogP) is 16.7. The van der Waals surface area contributed by atoms with Gasteiger partial charge in [0.2, 0.25) is 0 Å². The van der Waals surface area contributed by atoms with Crippen molar-refractivity contribution in [2.75, 3.05) is 0 Å². The molecule has 0 spiro atoms. The van der Waals surface area contributed by atoms with E-state index in [1.807, 2.05) is 6.20 Å². The van der Waals surface area contributed by atoms with Crippen LogP contribution in [-0.4, -0.2) is 14.1 Å². The highest BCUT2D eigenvalue weighted by atomic mass is 16.5. The van der Waals surface area contributed by atoms with Crippen molar-refractivity contribution in [3.63, 3.8) is 0 Å². The van der Waals surface area contributed by atoms with Crippen molar-refractivity contribution in [3.05, 3.63) is 186 Å². The third-order valence-corrected chi connectivity index (χ3v) is 13.3. The van der Waals surface area contributed by atoms with Crippen molar-refractivity contribution in [1.82, 2.24) is 14.1 Å². The minimum Gasteiger partial charge on any atom is -0.458 e. The Morgan fingerprint density at radius 2 is 1.06 bits per heavy atom. The Hall–Kier alpha value is -6.72. The van der Waals surface area contributed by atoms with Crippen molar-refractivity contribution < 1.29 is 9.30 Å². The molecule has 3 heterocycles. The van der Waals surface area contributed by atoms with Crippen LogP contribution >= 0.6 is 0 Å². The number of pyridine rings is 1. The summed E-state index contributed by atoms with van der Waals surface area (Å²) in [6.07, 6.45) is 5.96. The Labute approximate surface area is 411 Å². The number of nitrogens with zero attached hydrogens (tertiary/aromatic N) is 4. The van der Waals surface area contributed by atoms with Gasteiger partial charge in [-0.25, -0.2) is 4.98 Å². The first-order chi connectivity index (χ1) is 32.4. The van der Waals surface area contributed by atoms with Gasteiger partial charge in [-0.15, -0.1) is 0 Å². The van der Waals surface area contributed by atoms with Gasteiger partial charge >= 0.3 is 0 Å². The number of hydrogen-bond acceptors (Lipinski definition) is 2. The lowest BCUT2D eigenvalue weighted by atomic mass is 9.76. The molecule has 0 aliphatic heterocycles.